The molecule has 0 radical (unpaired) electrons. The van der Waals surface area contributed by atoms with Crippen molar-refractivity contribution in [3.63, 3.8) is 0 Å². The SMILES string of the molecule is Cc1ccccc1/C=N\NC(=O)c1[nH+]c(Cl)c(Cl)c(N)c1Cl. The van der Waals surface area contributed by atoms with Crippen molar-refractivity contribution in [2.75, 3.05) is 5.73 Å². The first-order chi connectivity index (χ1) is 10.4. The molecular formula is C14H12Cl3N4O+. The largest absolute Gasteiger partial charge is 0.396 e. The van der Waals surface area contributed by atoms with Crippen LogP contribution in [0.4, 0.5) is 5.69 Å². The number of nitrogens with two attached hydrogens (primary N) is 1. The number of carbonyl (C=O) groups excluding carboxylic acids is 1. The molecule has 114 valence electrons. The van der Waals surface area contributed by atoms with Crippen molar-refractivity contribution in [1.29, 1.82) is 0 Å². The highest BCUT2D eigenvalue weighted by molar-refractivity contribution is 6.45. The molecule has 0 atom stereocenters. The van der Waals surface area contributed by atoms with Crippen LogP contribution in [-0.2, 0) is 0 Å². The topological polar surface area (TPSA) is 81.6 Å². The van der Waals surface area contributed by atoms with E-state index in [0.29, 0.717) is 0 Å². The van der Waals surface area contributed by atoms with Crippen LogP contribution in [0.25, 0.3) is 0 Å². The molecule has 1 amide bonds. The molecule has 0 unspecified atom stereocenters. The summed E-state index contributed by atoms with van der Waals surface area (Å²) in [6, 6.07) is 7.60. The average molecular weight is 359 g/mol. The van der Waals surface area contributed by atoms with E-state index in [-0.39, 0.29) is 26.6 Å². The summed E-state index contributed by atoms with van der Waals surface area (Å²) in [4.78, 5) is 14.6. The Bertz CT molecular complexity index is 762. The van der Waals surface area contributed by atoms with Crippen LogP contribution in [0.15, 0.2) is 29.4 Å². The highest BCUT2D eigenvalue weighted by Gasteiger charge is 2.25. The third-order valence-electron chi connectivity index (χ3n) is 2.91. The number of aromatic amines is 1. The van der Waals surface area contributed by atoms with E-state index in [9.17, 15) is 4.79 Å². The van der Waals surface area contributed by atoms with Gasteiger partial charge in [0, 0.05) is 0 Å². The van der Waals surface area contributed by atoms with Gasteiger partial charge in [0.2, 0.25) is 0 Å². The molecule has 5 nitrogen and oxygen atoms in total. The van der Waals surface area contributed by atoms with Crippen molar-refractivity contribution in [2.45, 2.75) is 6.92 Å². The summed E-state index contributed by atoms with van der Waals surface area (Å²) in [5, 5.41) is 3.95. The molecule has 1 aromatic heterocycles. The molecule has 8 heteroatoms. The first kappa shape index (κ1) is 16.5. The first-order valence-corrected chi connectivity index (χ1v) is 7.29. The van der Waals surface area contributed by atoms with Crippen LogP contribution in [0, 0.1) is 6.92 Å². The minimum atomic E-state index is -0.583. The van der Waals surface area contributed by atoms with Crippen molar-refractivity contribution in [2.24, 2.45) is 5.10 Å². The van der Waals surface area contributed by atoms with Gasteiger partial charge in [-0.15, -0.1) is 0 Å². The number of pyridine rings is 1. The lowest BCUT2D eigenvalue weighted by Gasteiger charge is -2.03. The number of anilines is 1. The van der Waals surface area contributed by atoms with Crippen molar-refractivity contribution in [3.05, 3.63) is 56.3 Å². The highest BCUT2D eigenvalue weighted by Crippen LogP contribution is 2.31. The summed E-state index contributed by atoms with van der Waals surface area (Å²) in [7, 11) is 0. The monoisotopic (exact) mass is 357 g/mol. The predicted molar refractivity (Wildman–Crippen MR) is 88.7 cm³/mol. The maximum absolute atomic E-state index is 12.1. The number of amides is 1. The second-order valence-electron chi connectivity index (χ2n) is 4.41. The van der Waals surface area contributed by atoms with Crippen molar-refractivity contribution >= 4 is 52.6 Å². The Morgan fingerprint density at radius 1 is 1.27 bits per heavy atom. The number of aromatic nitrogens is 1. The van der Waals surface area contributed by atoms with Crippen LogP contribution in [0.1, 0.15) is 21.6 Å². The fraction of sp³-hybridized carbons (Fsp3) is 0.0714. The van der Waals surface area contributed by atoms with Gasteiger partial charge in [0.25, 0.3) is 10.8 Å². The van der Waals surface area contributed by atoms with Gasteiger partial charge in [-0.3, -0.25) is 4.79 Å². The minimum absolute atomic E-state index is 0.0157. The maximum Gasteiger partial charge on any atom is 0.337 e. The van der Waals surface area contributed by atoms with Gasteiger partial charge >= 0.3 is 5.91 Å². The zero-order valence-electron chi connectivity index (χ0n) is 11.5. The molecule has 0 spiro atoms. The van der Waals surface area contributed by atoms with Gasteiger partial charge in [0.05, 0.1) is 11.9 Å². The van der Waals surface area contributed by atoms with Gasteiger partial charge in [0.1, 0.15) is 10.0 Å². The zero-order chi connectivity index (χ0) is 16.3. The third-order valence-corrected chi connectivity index (χ3v) is 4.07. The lowest BCUT2D eigenvalue weighted by molar-refractivity contribution is -0.379. The smallest absolute Gasteiger partial charge is 0.337 e. The van der Waals surface area contributed by atoms with Crippen LogP contribution < -0.4 is 16.1 Å². The average Bonchev–Trinajstić information content (AvgIpc) is 2.50. The number of hydrogen-bond acceptors (Lipinski definition) is 3. The minimum Gasteiger partial charge on any atom is -0.396 e. The Labute approximate surface area is 142 Å². The van der Waals surface area contributed by atoms with Crippen LogP contribution in [-0.4, -0.2) is 12.1 Å². The molecule has 0 saturated heterocycles. The normalized spacial score (nSPS) is 10.9. The quantitative estimate of drug-likeness (QED) is 0.502. The molecule has 0 aliphatic heterocycles. The summed E-state index contributed by atoms with van der Waals surface area (Å²) in [6.07, 6.45) is 1.53. The number of hydrazone groups is 1. The first-order valence-electron chi connectivity index (χ1n) is 6.16. The number of nitrogen functional groups attached to an aromatic ring is 1. The number of nitrogens with zero attached hydrogens (tertiary/aromatic N) is 1. The summed E-state index contributed by atoms with van der Waals surface area (Å²) in [5.41, 5.74) is 9.94. The van der Waals surface area contributed by atoms with Crippen LogP contribution in [0.2, 0.25) is 15.2 Å². The van der Waals surface area contributed by atoms with Crippen LogP contribution >= 0.6 is 34.8 Å². The van der Waals surface area contributed by atoms with E-state index in [4.69, 9.17) is 40.5 Å². The van der Waals surface area contributed by atoms with Gasteiger partial charge < -0.3 is 5.73 Å². The second kappa shape index (κ2) is 6.96. The number of rotatable bonds is 3. The lowest BCUT2D eigenvalue weighted by atomic mass is 10.1. The Hall–Kier alpha value is -1.82. The molecule has 0 saturated carbocycles. The van der Waals surface area contributed by atoms with Gasteiger partial charge in [0.15, 0.2) is 0 Å². The maximum atomic E-state index is 12.1. The molecule has 0 aliphatic carbocycles. The van der Waals surface area contributed by atoms with Crippen LogP contribution in [0.5, 0.6) is 0 Å². The summed E-state index contributed by atoms with van der Waals surface area (Å²) in [6.45, 7) is 1.94. The molecule has 22 heavy (non-hydrogen) atoms. The van der Waals surface area contributed by atoms with Gasteiger partial charge in [-0.2, -0.15) is 10.1 Å². The van der Waals surface area contributed by atoms with Crippen molar-refractivity contribution in [1.82, 2.24) is 5.43 Å². The molecular weight excluding hydrogens is 347 g/mol. The molecule has 0 bridgehead atoms. The molecule has 1 heterocycles. The Morgan fingerprint density at radius 2 is 1.95 bits per heavy atom. The summed E-state index contributed by atoms with van der Waals surface area (Å²) < 4.78 is 0. The van der Waals surface area contributed by atoms with Crippen molar-refractivity contribution < 1.29 is 9.78 Å². The summed E-state index contributed by atoms with van der Waals surface area (Å²) in [5.74, 6) is -0.583. The number of halogens is 3. The fourth-order valence-electron chi connectivity index (χ4n) is 1.67. The van der Waals surface area contributed by atoms with E-state index in [1.165, 1.54) is 6.21 Å². The molecule has 2 aromatic rings. The van der Waals surface area contributed by atoms with E-state index >= 15 is 0 Å². The lowest BCUT2D eigenvalue weighted by Crippen LogP contribution is -2.28. The van der Waals surface area contributed by atoms with E-state index < -0.39 is 5.91 Å². The highest BCUT2D eigenvalue weighted by atomic mass is 35.5. The predicted octanol–water partition coefficient (Wildman–Crippen LogP) is 3.12. The number of nitrogens with one attached hydrogen (secondary N) is 2. The number of carbonyl (C=O) groups is 1. The Morgan fingerprint density at radius 3 is 2.64 bits per heavy atom. The van der Waals surface area contributed by atoms with E-state index in [1.54, 1.807) is 0 Å². The van der Waals surface area contributed by atoms with Crippen LogP contribution in [0.3, 0.4) is 0 Å². The van der Waals surface area contributed by atoms with Gasteiger partial charge in [-0.05, 0) is 29.7 Å². The number of hydrogen-bond donors (Lipinski definition) is 2. The molecule has 0 fully saturated rings. The number of benzene rings is 1. The Balaban J connectivity index is 2.19. The Kier molecular flexibility index (Phi) is 5.24. The third kappa shape index (κ3) is 3.50. The second-order valence-corrected chi connectivity index (χ2v) is 5.55. The molecule has 1 aromatic carbocycles. The number of aryl methyl sites for hydroxylation is 1. The standard InChI is InChI=1S/C14H11Cl3N4O/c1-7-4-2-3-5-8(7)6-19-21-14(22)12-9(15)11(18)10(16)13(17)20-12/h2-6H,1H3,(H2,18,20)(H,21,22)/p+1/b19-6-. The van der Waals surface area contributed by atoms with E-state index in [1.807, 2.05) is 31.2 Å². The fourth-order valence-corrected chi connectivity index (χ4v) is 2.29. The summed E-state index contributed by atoms with van der Waals surface area (Å²) >= 11 is 17.6. The molecule has 2 rings (SSSR count). The number of H-pyrrole nitrogens is 1. The van der Waals surface area contributed by atoms with E-state index in [0.717, 1.165) is 11.1 Å². The van der Waals surface area contributed by atoms with Crippen molar-refractivity contribution in [3.8, 4) is 0 Å². The van der Waals surface area contributed by atoms with Gasteiger partial charge in [-0.1, -0.05) is 47.5 Å². The zero-order valence-corrected chi connectivity index (χ0v) is 13.7. The van der Waals surface area contributed by atoms with E-state index in [2.05, 4.69) is 15.5 Å². The molecule has 4 N–H and O–H groups in total. The molecule has 0 aliphatic rings. The van der Waals surface area contributed by atoms with Gasteiger partial charge in [-0.25, -0.2) is 5.43 Å².